The number of benzene rings is 2. The molecule has 1 aliphatic heterocycles. The molecular weight excluding hydrogens is 370 g/mol. The first kappa shape index (κ1) is 24.3. The molecule has 0 aromatic heterocycles. The molecule has 1 heterocycles. The summed E-state index contributed by atoms with van der Waals surface area (Å²) in [6, 6.07) is 18.4. The topological polar surface area (TPSA) is 40.5 Å². The molecule has 0 amide bonds. The fraction of sp³-hybridized carbons (Fsp3) is 0.519. The summed E-state index contributed by atoms with van der Waals surface area (Å²) in [5.74, 6) is 0.137. The second kappa shape index (κ2) is 10.9. The Labute approximate surface area is 183 Å². The number of aryl methyl sites for hydroxylation is 1. The van der Waals surface area contributed by atoms with Crippen molar-refractivity contribution in [3.05, 3.63) is 71.3 Å². The number of hydrogen-bond acceptors (Lipinski definition) is 3. The number of ketones is 1. The van der Waals surface area contributed by atoms with Crippen LogP contribution in [0.15, 0.2) is 54.6 Å². The lowest BCUT2D eigenvalue weighted by Gasteiger charge is -2.46. The summed E-state index contributed by atoms with van der Waals surface area (Å²) >= 11 is 0. The van der Waals surface area contributed by atoms with Crippen molar-refractivity contribution in [3.63, 3.8) is 0 Å². The summed E-state index contributed by atoms with van der Waals surface area (Å²) in [5.41, 5.74) is 3.67. The smallest absolute Gasteiger partial charge is 0.137 e. The predicted octanol–water partition coefficient (Wildman–Crippen LogP) is 5.56. The van der Waals surface area contributed by atoms with Gasteiger partial charge in [0.15, 0.2) is 0 Å². The molecule has 1 N–H and O–H groups in total. The second-order valence-electron chi connectivity index (χ2n) is 8.77. The Morgan fingerprint density at radius 2 is 1.83 bits per heavy atom. The first-order valence-corrected chi connectivity index (χ1v) is 11.3. The number of likely N-dealkylation sites (tertiary alicyclic amines) is 1. The maximum Gasteiger partial charge on any atom is 0.137 e. The summed E-state index contributed by atoms with van der Waals surface area (Å²) < 4.78 is 0. The van der Waals surface area contributed by atoms with Gasteiger partial charge in [-0.1, -0.05) is 87.9 Å². The van der Waals surface area contributed by atoms with Crippen LogP contribution in [0.2, 0.25) is 0 Å². The molecule has 0 radical (unpaired) electrons. The highest BCUT2D eigenvalue weighted by atomic mass is 16.3. The van der Waals surface area contributed by atoms with Crippen LogP contribution >= 0.6 is 0 Å². The van der Waals surface area contributed by atoms with Crippen LogP contribution in [0.5, 0.6) is 0 Å². The zero-order valence-corrected chi connectivity index (χ0v) is 19.6. The Balaban J connectivity index is 0.00000155. The van der Waals surface area contributed by atoms with Crippen molar-refractivity contribution in [1.29, 1.82) is 0 Å². The molecule has 1 saturated heterocycles. The Hall–Kier alpha value is -1.97. The highest BCUT2D eigenvalue weighted by molar-refractivity contribution is 5.79. The Bertz CT molecular complexity index is 804. The highest BCUT2D eigenvalue weighted by Gasteiger charge is 2.39. The Morgan fingerprint density at radius 3 is 2.40 bits per heavy atom. The van der Waals surface area contributed by atoms with Gasteiger partial charge in [-0.05, 0) is 49.3 Å². The molecule has 3 nitrogen and oxygen atoms in total. The van der Waals surface area contributed by atoms with Gasteiger partial charge in [0.1, 0.15) is 5.78 Å². The van der Waals surface area contributed by atoms with E-state index in [1.54, 1.807) is 6.92 Å². The summed E-state index contributed by atoms with van der Waals surface area (Å²) in [6.45, 7) is 14.9. The second-order valence-corrected chi connectivity index (χ2v) is 8.77. The lowest BCUT2D eigenvalue weighted by atomic mass is 9.67. The van der Waals surface area contributed by atoms with Gasteiger partial charge < -0.3 is 10.0 Å². The molecule has 1 unspecified atom stereocenters. The molecule has 4 atom stereocenters. The van der Waals surface area contributed by atoms with Gasteiger partial charge in [-0.15, -0.1) is 0 Å². The molecular formula is C27H39NO2. The third-order valence-corrected chi connectivity index (χ3v) is 6.74. The standard InChI is InChI=1S/C25H33NO2.C2H6/c1-18-9-8-12-22(15-18)25(4)13-14-26(16-19(25)2)17-23(20(3)27)24(28)21-10-6-5-7-11-21;1-2/h5-12,15,19,23-24,28H,13-14,16-17H2,1-4H3;1-2H3/t19-,23?,24+,25+;/m0./s1. The summed E-state index contributed by atoms with van der Waals surface area (Å²) in [7, 11) is 0. The van der Waals surface area contributed by atoms with Crippen LogP contribution in [0, 0.1) is 18.8 Å². The number of nitrogens with zero attached hydrogens (tertiary/aromatic N) is 1. The van der Waals surface area contributed by atoms with Crippen LogP contribution in [0.1, 0.15) is 63.8 Å². The number of rotatable bonds is 6. The van der Waals surface area contributed by atoms with Crippen molar-refractivity contribution in [2.45, 2.75) is 59.5 Å². The van der Waals surface area contributed by atoms with Crippen molar-refractivity contribution in [1.82, 2.24) is 4.90 Å². The normalized spacial score (nSPS) is 23.8. The Kier molecular flexibility index (Phi) is 8.81. The van der Waals surface area contributed by atoms with Crippen molar-refractivity contribution in [3.8, 4) is 0 Å². The van der Waals surface area contributed by atoms with Crippen LogP contribution in [0.4, 0.5) is 0 Å². The Morgan fingerprint density at radius 1 is 1.17 bits per heavy atom. The van der Waals surface area contributed by atoms with Gasteiger partial charge >= 0.3 is 0 Å². The van der Waals surface area contributed by atoms with E-state index in [0.717, 1.165) is 25.1 Å². The monoisotopic (exact) mass is 409 g/mol. The molecule has 30 heavy (non-hydrogen) atoms. The predicted molar refractivity (Wildman–Crippen MR) is 126 cm³/mol. The van der Waals surface area contributed by atoms with E-state index in [9.17, 15) is 9.90 Å². The lowest BCUT2D eigenvalue weighted by Crippen LogP contribution is -2.49. The number of hydrogen-bond donors (Lipinski definition) is 1. The van der Waals surface area contributed by atoms with E-state index in [2.05, 4.69) is 49.9 Å². The molecule has 0 spiro atoms. The number of carbonyl (C=O) groups excluding carboxylic acids is 1. The number of Topliss-reactive ketones (excluding diaryl/α,β-unsaturated/α-hetero) is 1. The van der Waals surface area contributed by atoms with Gasteiger partial charge in [0.25, 0.3) is 0 Å². The van der Waals surface area contributed by atoms with Crippen LogP contribution < -0.4 is 0 Å². The summed E-state index contributed by atoms with van der Waals surface area (Å²) in [6.07, 6.45) is 0.308. The molecule has 3 heteroatoms. The quantitative estimate of drug-likeness (QED) is 0.679. The average Bonchev–Trinajstić information content (AvgIpc) is 2.76. The molecule has 2 aromatic rings. The summed E-state index contributed by atoms with van der Waals surface area (Å²) in [4.78, 5) is 14.7. The maximum atomic E-state index is 12.3. The molecule has 2 aromatic carbocycles. The van der Waals surface area contributed by atoms with Crippen LogP contribution in [0.25, 0.3) is 0 Å². The van der Waals surface area contributed by atoms with Crippen molar-refractivity contribution in [2.75, 3.05) is 19.6 Å². The van der Waals surface area contributed by atoms with Crippen molar-refractivity contribution < 1.29 is 9.90 Å². The van der Waals surface area contributed by atoms with Crippen LogP contribution in [-0.2, 0) is 10.2 Å². The SMILES string of the molecule is CC.CC(=O)C(CN1CC[C@@](C)(c2cccc(C)c2)[C@@H](C)C1)[C@H](O)c1ccccc1. The fourth-order valence-corrected chi connectivity index (χ4v) is 4.52. The zero-order chi connectivity index (χ0) is 22.3. The van der Waals surface area contributed by atoms with Gasteiger partial charge in [-0.3, -0.25) is 4.79 Å². The molecule has 0 aliphatic carbocycles. The average molecular weight is 410 g/mol. The van der Waals surface area contributed by atoms with Gasteiger partial charge in [0.05, 0.1) is 12.0 Å². The molecule has 0 saturated carbocycles. The maximum absolute atomic E-state index is 12.3. The lowest BCUT2D eigenvalue weighted by molar-refractivity contribution is -0.125. The van der Waals surface area contributed by atoms with E-state index in [4.69, 9.17) is 0 Å². The minimum Gasteiger partial charge on any atom is -0.388 e. The minimum absolute atomic E-state index is 0.0519. The van der Waals surface area contributed by atoms with Gasteiger partial charge in [0.2, 0.25) is 0 Å². The highest BCUT2D eigenvalue weighted by Crippen LogP contribution is 2.40. The third-order valence-electron chi connectivity index (χ3n) is 6.74. The van der Waals surface area contributed by atoms with E-state index in [1.165, 1.54) is 11.1 Å². The number of aliphatic hydroxyl groups is 1. The van der Waals surface area contributed by atoms with E-state index < -0.39 is 12.0 Å². The van der Waals surface area contributed by atoms with Crippen molar-refractivity contribution in [2.24, 2.45) is 11.8 Å². The fourth-order valence-electron chi connectivity index (χ4n) is 4.52. The number of piperidine rings is 1. The van der Waals surface area contributed by atoms with Gasteiger partial charge in [-0.25, -0.2) is 0 Å². The molecule has 3 rings (SSSR count). The van der Waals surface area contributed by atoms with Gasteiger partial charge in [0, 0.05) is 13.1 Å². The molecule has 1 aliphatic rings. The van der Waals surface area contributed by atoms with E-state index in [1.807, 2.05) is 44.2 Å². The minimum atomic E-state index is -0.751. The van der Waals surface area contributed by atoms with E-state index in [-0.39, 0.29) is 11.2 Å². The van der Waals surface area contributed by atoms with Crippen LogP contribution in [0.3, 0.4) is 0 Å². The molecule has 1 fully saturated rings. The summed E-state index contributed by atoms with van der Waals surface area (Å²) in [5, 5.41) is 10.8. The molecule has 164 valence electrons. The zero-order valence-electron chi connectivity index (χ0n) is 19.6. The van der Waals surface area contributed by atoms with E-state index in [0.29, 0.717) is 12.5 Å². The first-order chi connectivity index (χ1) is 14.3. The first-order valence-electron chi connectivity index (χ1n) is 11.3. The van der Waals surface area contributed by atoms with E-state index >= 15 is 0 Å². The number of aliphatic hydroxyl groups excluding tert-OH is 1. The third kappa shape index (κ3) is 5.59. The number of carbonyl (C=O) groups is 1. The van der Waals surface area contributed by atoms with Gasteiger partial charge in [-0.2, -0.15) is 0 Å². The van der Waals surface area contributed by atoms with Crippen molar-refractivity contribution >= 4 is 5.78 Å². The largest absolute Gasteiger partial charge is 0.388 e. The van der Waals surface area contributed by atoms with Crippen LogP contribution in [-0.4, -0.2) is 35.4 Å². The molecule has 0 bridgehead atoms.